The van der Waals surface area contributed by atoms with Crippen LogP contribution in [-0.2, 0) is 16.5 Å². The summed E-state index contributed by atoms with van der Waals surface area (Å²) in [7, 11) is 1.92. The second kappa shape index (κ2) is 8.04. The summed E-state index contributed by atoms with van der Waals surface area (Å²) in [6.45, 7) is 4.36. The highest BCUT2D eigenvalue weighted by Gasteiger charge is 2.57. The van der Waals surface area contributed by atoms with E-state index in [1.165, 1.54) is 0 Å². The van der Waals surface area contributed by atoms with E-state index in [2.05, 4.69) is 30.9 Å². The van der Waals surface area contributed by atoms with Crippen LogP contribution in [0.4, 0.5) is 16.6 Å². The molecule has 3 N–H and O–H groups in total. The molecule has 2 unspecified atom stereocenters. The monoisotopic (exact) mass is 503 g/mol. The number of rotatable bonds is 6. The number of carbonyl (C=O) groups is 1. The van der Waals surface area contributed by atoms with Crippen LogP contribution in [0.1, 0.15) is 48.9 Å². The van der Waals surface area contributed by atoms with Gasteiger partial charge in [-0.1, -0.05) is 0 Å². The standard InChI is InChI=1S/C25H29N9O3/c1-13-21(17-11-27-33(3)14(17)2)22-26-4-5-34(22)23(28-13)29-20-7-18(31-32-20)19-6-16(12-36-19)37-24(35)30-25-8-15(9-25)10-25/h4-5,7,11,15-16,19H,6,8-10,12H2,1-3H3,(H,30,35)(H2,28,29,31,32). The first kappa shape index (κ1) is 22.3. The molecular weight excluding hydrogens is 474 g/mol. The topological polar surface area (TPSA) is 136 Å². The second-order valence-corrected chi connectivity index (χ2v) is 10.6. The van der Waals surface area contributed by atoms with Crippen molar-refractivity contribution in [3.63, 3.8) is 0 Å². The minimum atomic E-state index is -0.338. The van der Waals surface area contributed by atoms with Crippen LogP contribution in [0.5, 0.6) is 0 Å². The number of alkyl carbamates (subject to hydrolysis) is 1. The van der Waals surface area contributed by atoms with Gasteiger partial charge >= 0.3 is 6.09 Å². The van der Waals surface area contributed by atoms with Gasteiger partial charge in [0.25, 0.3) is 0 Å². The molecule has 8 rings (SSSR count). The van der Waals surface area contributed by atoms with Crippen molar-refractivity contribution in [3.05, 3.63) is 41.7 Å². The van der Waals surface area contributed by atoms with Gasteiger partial charge in [0.2, 0.25) is 5.95 Å². The van der Waals surface area contributed by atoms with E-state index in [9.17, 15) is 4.79 Å². The number of hydrogen-bond acceptors (Lipinski definition) is 8. The molecule has 1 amide bonds. The Morgan fingerprint density at radius 1 is 1.30 bits per heavy atom. The minimum absolute atomic E-state index is 0.00657. The van der Waals surface area contributed by atoms with Crippen LogP contribution in [0.15, 0.2) is 24.7 Å². The molecule has 0 aromatic carbocycles. The first-order valence-electron chi connectivity index (χ1n) is 12.6. The zero-order valence-electron chi connectivity index (χ0n) is 21.0. The van der Waals surface area contributed by atoms with Crippen molar-refractivity contribution in [2.75, 3.05) is 11.9 Å². The van der Waals surface area contributed by atoms with E-state index in [4.69, 9.17) is 14.5 Å². The molecule has 4 aromatic rings. The first-order chi connectivity index (χ1) is 17.9. The summed E-state index contributed by atoms with van der Waals surface area (Å²) in [4.78, 5) is 21.7. The van der Waals surface area contributed by atoms with Crippen LogP contribution in [0, 0.1) is 19.8 Å². The summed E-state index contributed by atoms with van der Waals surface area (Å²) >= 11 is 0. The summed E-state index contributed by atoms with van der Waals surface area (Å²) in [5, 5.41) is 18.2. The predicted octanol–water partition coefficient (Wildman–Crippen LogP) is 3.32. The van der Waals surface area contributed by atoms with Crippen LogP contribution in [-0.4, -0.2) is 58.7 Å². The molecule has 4 aliphatic rings. The Bertz CT molecular complexity index is 1500. The van der Waals surface area contributed by atoms with E-state index in [1.807, 2.05) is 48.4 Å². The number of carbonyl (C=O) groups excluding carboxylic acids is 1. The van der Waals surface area contributed by atoms with Crippen molar-refractivity contribution in [1.82, 2.24) is 39.7 Å². The summed E-state index contributed by atoms with van der Waals surface area (Å²) in [5.41, 5.74) is 5.45. The van der Waals surface area contributed by atoms with Crippen molar-refractivity contribution in [2.24, 2.45) is 13.0 Å². The van der Waals surface area contributed by atoms with Gasteiger partial charge in [0.1, 0.15) is 17.9 Å². The number of nitrogens with one attached hydrogen (secondary N) is 3. The lowest BCUT2D eigenvalue weighted by atomic mass is 9.50. The number of anilines is 2. The van der Waals surface area contributed by atoms with E-state index in [-0.39, 0.29) is 23.8 Å². The van der Waals surface area contributed by atoms with E-state index >= 15 is 0 Å². The van der Waals surface area contributed by atoms with Gasteiger partial charge in [0.05, 0.1) is 24.2 Å². The van der Waals surface area contributed by atoms with Gasteiger partial charge in [-0.2, -0.15) is 10.2 Å². The summed E-state index contributed by atoms with van der Waals surface area (Å²) in [5.74, 6) is 2.01. The average Bonchev–Trinajstić information content (AvgIpc) is 3.60. The fourth-order valence-corrected chi connectivity index (χ4v) is 5.84. The third kappa shape index (κ3) is 3.66. The van der Waals surface area contributed by atoms with Gasteiger partial charge in [-0.25, -0.2) is 14.8 Å². The number of aryl methyl sites for hydroxylation is 2. The van der Waals surface area contributed by atoms with Crippen LogP contribution in [0.3, 0.4) is 0 Å². The molecule has 12 heteroatoms. The molecule has 2 bridgehead atoms. The fraction of sp³-hybridized carbons (Fsp3) is 0.480. The molecule has 1 aliphatic heterocycles. The summed E-state index contributed by atoms with van der Waals surface area (Å²) < 4.78 is 15.3. The molecule has 2 atom stereocenters. The van der Waals surface area contributed by atoms with Gasteiger partial charge in [0, 0.05) is 54.3 Å². The Balaban J connectivity index is 1.05. The molecule has 1 saturated heterocycles. The maximum atomic E-state index is 12.3. The Kier molecular flexibility index (Phi) is 4.84. The molecule has 37 heavy (non-hydrogen) atoms. The average molecular weight is 504 g/mol. The Hall–Kier alpha value is -3.93. The van der Waals surface area contributed by atoms with E-state index in [1.54, 1.807) is 6.20 Å². The predicted molar refractivity (Wildman–Crippen MR) is 133 cm³/mol. The highest BCUT2D eigenvalue weighted by Crippen LogP contribution is 2.57. The fourth-order valence-electron chi connectivity index (χ4n) is 5.84. The number of H-pyrrole nitrogens is 1. The SMILES string of the molecule is Cc1nc(Nc2cc(C3CC(OC(=O)NC45CC(C4)C5)CO3)[nH]n2)n2ccnc2c1-c1cnn(C)c1C. The molecule has 3 aliphatic carbocycles. The van der Waals surface area contributed by atoms with Crippen molar-refractivity contribution in [1.29, 1.82) is 0 Å². The molecule has 4 fully saturated rings. The van der Waals surface area contributed by atoms with Gasteiger partial charge in [-0.3, -0.25) is 14.2 Å². The Labute approximate surface area is 212 Å². The number of ether oxygens (including phenoxy) is 2. The highest BCUT2D eigenvalue weighted by atomic mass is 16.6. The second-order valence-electron chi connectivity index (χ2n) is 10.6. The van der Waals surface area contributed by atoms with Gasteiger partial charge in [-0.05, 0) is 39.0 Å². The molecule has 12 nitrogen and oxygen atoms in total. The van der Waals surface area contributed by atoms with Gasteiger partial charge in [-0.15, -0.1) is 0 Å². The number of imidazole rings is 1. The summed E-state index contributed by atoms with van der Waals surface area (Å²) in [6.07, 6.45) is 8.45. The maximum absolute atomic E-state index is 12.3. The molecule has 3 saturated carbocycles. The number of nitrogens with zero attached hydrogens (tertiary/aromatic N) is 6. The highest BCUT2D eigenvalue weighted by molar-refractivity contribution is 5.82. The third-order valence-corrected chi connectivity index (χ3v) is 8.06. The van der Waals surface area contributed by atoms with Crippen LogP contribution < -0.4 is 10.6 Å². The lowest BCUT2D eigenvalue weighted by Gasteiger charge is -2.61. The molecule has 0 radical (unpaired) electrons. The lowest BCUT2D eigenvalue weighted by Crippen LogP contribution is -2.68. The molecular formula is C25H29N9O3. The van der Waals surface area contributed by atoms with Crippen LogP contribution in [0.2, 0.25) is 0 Å². The quantitative estimate of drug-likeness (QED) is 0.365. The van der Waals surface area contributed by atoms with Crippen LogP contribution in [0.25, 0.3) is 16.8 Å². The smallest absolute Gasteiger partial charge is 0.407 e. The Morgan fingerprint density at radius 3 is 2.86 bits per heavy atom. The third-order valence-electron chi connectivity index (χ3n) is 8.06. The van der Waals surface area contributed by atoms with Crippen molar-refractivity contribution < 1.29 is 14.3 Å². The Morgan fingerprint density at radius 2 is 2.14 bits per heavy atom. The molecule has 192 valence electrons. The first-order valence-corrected chi connectivity index (χ1v) is 12.6. The molecule has 0 spiro atoms. The van der Waals surface area contributed by atoms with E-state index in [0.717, 1.165) is 59.0 Å². The van der Waals surface area contributed by atoms with Gasteiger partial charge < -0.3 is 20.1 Å². The molecule has 5 heterocycles. The van der Waals surface area contributed by atoms with E-state index < -0.39 is 0 Å². The minimum Gasteiger partial charge on any atom is -0.444 e. The summed E-state index contributed by atoms with van der Waals surface area (Å²) in [6, 6.07) is 1.90. The number of hydrogen-bond donors (Lipinski definition) is 3. The van der Waals surface area contributed by atoms with E-state index in [0.29, 0.717) is 24.8 Å². The lowest BCUT2D eigenvalue weighted by molar-refractivity contribution is -0.0510. The number of aromatic amines is 1. The zero-order chi connectivity index (χ0) is 25.3. The zero-order valence-corrected chi connectivity index (χ0v) is 21.0. The van der Waals surface area contributed by atoms with Gasteiger partial charge in [0.15, 0.2) is 5.82 Å². The maximum Gasteiger partial charge on any atom is 0.407 e. The number of amides is 1. The number of aromatic nitrogens is 7. The largest absolute Gasteiger partial charge is 0.444 e. The normalized spacial score (nSPS) is 26.1. The number of fused-ring (bicyclic) bond motifs is 1. The van der Waals surface area contributed by atoms with Crippen LogP contribution >= 0.6 is 0 Å². The van der Waals surface area contributed by atoms with Crippen molar-refractivity contribution >= 4 is 23.5 Å². The van der Waals surface area contributed by atoms with Crippen molar-refractivity contribution in [3.8, 4) is 11.1 Å². The van der Waals surface area contributed by atoms with Crippen molar-refractivity contribution in [2.45, 2.75) is 57.3 Å². The molecule has 4 aromatic heterocycles.